The maximum absolute atomic E-state index is 12.6. The van der Waals surface area contributed by atoms with Crippen molar-refractivity contribution < 1.29 is 9.53 Å². The monoisotopic (exact) mass is 303 g/mol. The van der Waals surface area contributed by atoms with Gasteiger partial charge in [-0.15, -0.1) is 0 Å². The second-order valence-corrected chi connectivity index (χ2v) is 5.45. The zero-order valence-electron chi connectivity index (χ0n) is 12.2. The number of benzene rings is 1. The molecule has 2 aromatic rings. The average molecular weight is 303 g/mol. The van der Waals surface area contributed by atoms with Crippen LogP contribution < -0.4 is 11.1 Å². The molecule has 7 heteroatoms. The van der Waals surface area contributed by atoms with Crippen LogP contribution in [0.5, 0.6) is 0 Å². The first kappa shape index (κ1) is 14.5. The fourth-order valence-electron chi connectivity index (χ4n) is 2.61. The Kier molecular flexibility index (Phi) is 3.81. The van der Waals surface area contributed by atoms with E-state index in [0.717, 1.165) is 6.42 Å². The van der Waals surface area contributed by atoms with Gasteiger partial charge in [0, 0.05) is 25.3 Å². The molecule has 1 aliphatic rings. The van der Waals surface area contributed by atoms with Crippen LogP contribution in [-0.4, -0.2) is 46.6 Å². The van der Waals surface area contributed by atoms with Crippen LogP contribution in [0.3, 0.4) is 0 Å². The van der Waals surface area contributed by atoms with Crippen LogP contribution in [-0.2, 0) is 4.74 Å². The molecule has 1 atom stereocenters. The van der Waals surface area contributed by atoms with E-state index in [2.05, 4.69) is 9.97 Å². The van der Waals surface area contributed by atoms with Gasteiger partial charge in [0.15, 0.2) is 0 Å². The minimum absolute atomic E-state index is 0.00284. The topological polar surface area (TPSA) is 95.3 Å². The number of nitrogens with zero attached hydrogens (tertiary/aromatic N) is 1. The van der Waals surface area contributed by atoms with Crippen molar-refractivity contribution in [2.24, 2.45) is 0 Å². The molecule has 3 rings (SSSR count). The van der Waals surface area contributed by atoms with Crippen molar-refractivity contribution in [3.8, 4) is 0 Å². The van der Waals surface area contributed by atoms with Gasteiger partial charge in [0.05, 0.1) is 17.1 Å². The molecule has 7 nitrogen and oxygen atoms in total. The molecule has 1 aromatic carbocycles. The average Bonchev–Trinajstić information content (AvgIpc) is 2.72. The second kappa shape index (κ2) is 5.76. The SMILES string of the molecule is CC1CN(C(=O)c2ccc3[nH]c(=O)c(=O)[nH]c3c2)CCCO1. The first-order valence-electron chi connectivity index (χ1n) is 7.22. The Morgan fingerprint density at radius 2 is 1.95 bits per heavy atom. The lowest BCUT2D eigenvalue weighted by Gasteiger charge is -2.22. The third-order valence-corrected chi connectivity index (χ3v) is 3.71. The number of rotatable bonds is 1. The van der Waals surface area contributed by atoms with E-state index in [-0.39, 0.29) is 12.0 Å². The molecule has 0 bridgehead atoms. The van der Waals surface area contributed by atoms with Crippen molar-refractivity contribution in [3.63, 3.8) is 0 Å². The highest BCUT2D eigenvalue weighted by Crippen LogP contribution is 2.14. The van der Waals surface area contributed by atoms with E-state index >= 15 is 0 Å². The maximum atomic E-state index is 12.6. The van der Waals surface area contributed by atoms with Gasteiger partial charge in [-0.2, -0.15) is 0 Å². The van der Waals surface area contributed by atoms with Gasteiger partial charge >= 0.3 is 11.1 Å². The molecule has 1 amide bonds. The fraction of sp³-hybridized carbons (Fsp3) is 0.400. The summed E-state index contributed by atoms with van der Waals surface area (Å²) in [5.74, 6) is -0.105. The Balaban J connectivity index is 1.95. The van der Waals surface area contributed by atoms with E-state index in [1.54, 1.807) is 23.1 Å². The lowest BCUT2D eigenvalue weighted by atomic mass is 10.1. The number of carbonyl (C=O) groups excluding carboxylic acids is 1. The summed E-state index contributed by atoms with van der Waals surface area (Å²) < 4.78 is 5.54. The minimum Gasteiger partial charge on any atom is -0.377 e. The predicted molar refractivity (Wildman–Crippen MR) is 81.1 cm³/mol. The van der Waals surface area contributed by atoms with Crippen LogP contribution in [0.4, 0.5) is 0 Å². The van der Waals surface area contributed by atoms with E-state index in [0.29, 0.717) is 36.3 Å². The molecule has 0 saturated carbocycles. The third-order valence-electron chi connectivity index (χ3n) is 3.71. The molecule has 0 spiro atoms. The summed E-state index contributed by atoms with van der Waals surface area (Å²) in [6, 6.07) is 4.86. The lowest BCUT2D eigenvalue weighted by Crippen LogP contribution is -2.36. The molecule has 2 N–H and O–H groups in total. The van der Waals surface area contributed by atoms with Crippen LogP contribution in [0, 0.1) is 0 Å². The second-order valence-electron chi connectivity index (χ2n) is 5.45. The smallest absolute Gasteiger partial charge is 0.314 e. The van der Waals surface area contributed by atoms with E-state index in [4.69, 9.17) is 4.74 Å². The number of amides is 1. The molecule has 1 saturated heterocycles. The third kappa shape index (κ3) is 2.80. The molecular formula is C15H17N3O4. The van der Waals surface area contributed by atoms with Gasteiger partial charge in [-0.05, 0) is 31.5 Å². The summed E-state index contributed by atoms with van der Waals surface area (Å²) in [5, 5.41) is 0. The first-order chi connectivity index (χ1) is 10.5. The molecule has 1 fully saturated rings. The zero-order chi connectivity index (χ0) is 15.7. The van der Waals surface area contributed by atoms with Gasteiger partial charge in [-0.1, -0.05) is 0 Å². The van der Waals surface area contributed by atoms with Gasteiger partial charge in [-0.3, -0.25) is 14.4 Å². The Hall–Kier alpha value is -2.41. The van der Waals surface area contributed by atoms with Crippen molar-refractivity contribution in [3.05, 3.63) is 44.5 Å². The number of hydrogen-bond acceptors (Lipinski definition) is 4. The Bertz CT molecular complexity index is 823. The van der Waals surface area contributed by atoms with Crippen LogP contribution in [0.15, 0.2) is 27.8 Å². The van der Waals surface area contributed by atoms with E-state index < -0.39 is 11.1 Å². The maximum Gasteiger partial charge on any atom is 0.314 e. The first-order valence-corrected chi connectivity index (χ1v) is 7.22. The number of carbonyl (C=O) groups is 1. The molecule has 116 valence electrons. The van der Waals surface area contributed by atoms with Crippen molar-refractivity contribution in [2.75, 3.05) is 19.7 Å². The van der Waals surface area contributed by atoms with E-state index in [1.165, 1.54) is 0 Å². The summed E-state index contributed by atoms with van der Waals surface area (Å²) in [7, 11) is 0. The van der Waals surface area contributed by atoms with Crippen molar-refractivity contribution in [1.29, 1.82) is 0 Å². The van der Waals surface area contributed by atoms with Crippen LogP contribution >= 0.6 is 0 Å². The highest BCUT2D eigenvalue weighted by atomic mass is 16.5. The van der Waals surface area contributed by atoms with E-state index in [9.17, 15) is 14.4 Å². The van der Waals surface area contributed by atoms with Crippen molar-refractivity contribution in [1.82, 2.24) is 14.9 Å². The summed E-state index contributed by atoms with van der Waals surface area (Å²) in [4.78, 5) is 42.0. The quantitative estimate of drug-likeness (QED) is 0.749. The zero-order valence-corrected chi connectivity index (χ0v) is 12.2. The number of nitrogens with one attached hydrogen (secondary N) is 2. The van der Waals surface area contributed by atoms with Gasteiger partial charge in [-0.25, -0.2) is 0 Å². The van der Waals surface area contributed by atoms with E-state index in [1.807, 2.05) is 6.92 Å². The van der Waals surface area contributed by atoms with Gasteiger partial charge in [0.2, 0.25) is 0 Å². The Labute approximate surface area is 125 Å². The molecule has 22 heavy (non-hydrogen) atoms. The van der Waals surface area contributed by atoms with Crippen molar-refractivity contribution >= 4 is 16.9 Å². The van der Waals surface area contributed by atoms with Crippen molar-refractivity contribution in [2.45, 2.75) is 19.4 Å². The summed E-state index contributed by atoms with van der Waals surface area (Å²) in [5.41, 5.74) is -0.0217. The van der Waals surface area contributed by atoms with Crippen LogP contribution in [0.1, 0.15) is 23.7 Å². The fourth-order valence-corrected chi connectivity index (χ4v) is 2.61. The largest absolute Gasteiger partial charge is 0.377 e. The molecule has 0 aliphatic carbocycles. The van der Waals surface area contributed by atoms with Gasteiger partial charge in [0.25, 0.3) is 5.91 Å². The van der Waals surface area contributed by atoms with Gasteiger partial charge in [0.1, 0.15) is 0 Å². The summed E-state index contributed by atoms with van der Waals surface area (Å²) in [6.45, 7) is 3.77. The molecule has 1 unspecified atom stereocenters. The predicted octanol–water partition coefficient (Wildman–Crippen LogP) is 0.467. The molecule has 0 radical (unpaired) electrons. The minimum atomic E-state index is -0.728. The number of hydrogen-bond donors (Lipinski definition) is 2. The van der Waals surface area contributed by atoms with Gasteiger partial charge < -0.3 is 19.6 Å². The number of aromatic nitrogens is 2. The Morgan fingerprint density at radius 1 is 1.23 bits per heavy atom. The number of aromatic amines is 2. The normalized spacial score (nSPS) is 19.1. The summed E-state index contributed by atoms with van der Waals surface area (Å²) in [6.07, 6.45) is 0.802. The molecule has 1 aliphatic heterocycles. The van der Waals surface area contributed by atoms with Crippen LogP contribution in [0.25, 0.3) is 11.0 Å². The highest BCUT2D eigenvalue weighted by molar-refractivity contribution is 5.97. The Morgan fingerprint density at radius 3 is 2.73 bits per heavy atom. The molecular weight excluding hydrogens is 286 g/mol. The highest BCUT2D eigenvalue weighted by Gasteiger charge is 2.21. The number of H-pyrrole nitrogens is 2. The summed E-state index contributed by atoms with van der Waals surface area (Å²) >= 11 is 0. The lowest BCUT2D eigenvalue weighted by molar-refractivity contribution is 0.0563. The van der Waals surface area contributed by atoms with Crippen LogP contribution in [0.2, 0.25) is 0 Å². The number of ether oxygens (including phenoxy) is 1. The number of fused-ring (bicyclic) bond motifs is 1. The molecule has 2 heterocycles. The molecule has 1 aromatic heterocycles. The standard InChI is InChI=1S/C15H17N3O4/c1-9-8-18(5-2-6-22-9)15(21)10-3-4-11-12(7-10)17-14(20)13(19)16-11/h3-4,7,9H,2,5-6,8H2,1H3,(H,16,19)(H,17,20).